The van der Waals surface area contributed by atoms with Crippen LogP contribution in [0.2, 0.25) is 0 Å². The van der Waals surface area contributed by atoms with Crippen molar-refractivity contribution in [3.05, 3.63) is 29.3 Å². The van der Waals surface area contributed by atoms with Crippen LogP contribution in [0, 0.1) is 0 Å². The molecule has 0 fully saturated rings. The van der Waals surface area contributed by atoms with Crippen molar-refractivity contribution < 1.29 is 9.53 Å². The highest BCUT2D eigenvalue weighted by molar-refractivity contribution is 9.09. The minimum absolute atomic E-state index is 0.0595. The number of hydrogen-bond donors (Lipinski definition) is 1. The maximum Gasteiger partial charge on any atom is 0.252 e. The summed E-state index contributed by atoms with van der Waals surface area (Å²) >= 11 is 3.35. The van der Waals surface area contributed by atoms with Crippen molar-refractivity contribution in [1.29, 1.82) is 0 Å². The molecule has 2 rings (SSSR count). The lowest BCUT2D eigenvalue weighted by atomic mass is 10.1. The van der Waals surface area contributed by atoms with Crippen LogP contribution in [0.4, 0.5) is 0 Å². The summed E-state index contributed by atoms with van der Waals surface area (Å²) in [5.74, 6) is 0.645. The van der Waals surface area contributed by atoms with Gasteiger partial charge in [0.15, 0.2) is 0 Å². The van der Waals surface area contributed by atoms with E-state index in [1.165, 1.54) is 0 Å². The van der Waals surface area contributed by atoms with Crippen molar-refractivity contribution in [3.8, 4) is 5.75 Å². The molecule has 4 heteroatoms. The number of methoxy groups -OCH3 is 1. The summed E-state index contributed by atoms with van der Waals surface area (Å²) in [6, 6.07) is 5.46. The molecule has 0 aromatic heterocycles. The van der Waals surface area contributed by atoms with Gasteiger partial charge in [0.1, 0.15) is 10.7 Å². The van der Waals surface area contributed by atoms with Gasteiger partial charge in [-0.2, -0.15) is 0 Å². The summed E-state index contributed by atoms with van der Waals surface area (Å²) in [7, 11) is 1.58. The Hall–Kier alpha value is -1.03. The SMILES string of the molecule is COc1ccc2c(c1)C(=O)NC2Br. The Balaban J connectivity index is 2.52. The first-order valence-corrected chi connectivity index (χ1v) is 4.77. The van der Waals surface area contributed by atoms with Gasteiger partial charge in [0.05, 0.1) is 7.11 Å². The smallest absolute Gasteiger partial charge is 0.252 e. The molecule has 1 heterocycles. The zero-order chi connectivity index (χ0) is 9.42. The van der Waals surface area contributed by atoms with Gasteiger partial charge in [-0.1, -0.05) is 22.0 Å². The number of nitrogens with one attached hydrogen (secondary N) is 1. The van der Waals surface area contributed by atoms with Crippen LogP contribution in [0.3, 0.4) is 0 Å². The van der Waals surface area contributed by atoms with E-state index in [0.717, 1.165) is 5.56 Å². The highest BCUT2D eigenvalue weighted by Crippen LogP contribution is 2.31. The van der Waals surface area contributed by atoms with Gasteiger partial charge in [-0.15, -0.1) is 0 Å². The fraction of sp³-hybridized carbons (Fsp3) is 0.222. The van der Waals surface area contributed by atoms with Crippen molar-refractivity contribution in [2.24, 2.45) is 0 Å². The van der Waals surface area contributed by atoms with Gasteiger partial charge in [0.25, 0.3) is 5.91 Å². The Morgan fingerprint density at radius 1 is 1.54 bits per heavy atom. The van der Waals surface area contributed by atoms with Gasteiger partial charge in [0.2, 0.25) is 0 Å². The summed E-state index contributed by atoms with van der Waals surface area (Å²) < 4.78 is 5.03. The van der Waals surface area contributed by atoms with Crippen LogP contribution >= 0.6 is 15.9 Å². The molecule has 68 valence electrons. The third-order valence-corrected chi connectivity index (χ3v) is 2.76. The lowest BCUT2D eigenvalue weighted by molar-refractivity contribution is 0.0965. The third-order valence-electron chi connectivity index (χ3n) is 2.04. The van der Waals surface area contributed by atoms with E-state index in [9.17, 15) is 4.79 Å². The summed E-state index contributed by atoms with van der Waals surface area (Å²) in [4.78, 5) is 11.3. The molecule has 0 radical (unpaired) electrons. The molecule has 0 aliphatic carbocycles. The molecular formula is C9H8BrNO2. The minimum Gasteiger partial charge on any atom is -0.497 e. The van der Waals surface area contributed by atoms with Gasteiger partial charge in [0, 0.05) is 5.56 Å². The quantitative estimate of drug-likeness (QED) is 0.602. The van der Waals surface area contributed by atoms with Crippen LogP contribution in [0.5, 0.6) is 5.75 Å². The second-order valence-electron chi connectivity index (χ2n) is 2.79. The van der Waals surface area contributed by atoms with Crippen molar-refractivity contribution >= 4 is 21.8 Å². The van der Waals surface area contributed by atoms with Crippen LogP contribution in [0.25, 0.3) is 0 Å². The zero-order valence-electron chi connectivity index (χ0n) is 7.00. The molecular weight excluding hydrogens is 234 g/mol. The van der Waals surface area contributed by atoms with Crippen LogP contribution in [-0.4, -0.2) is 13.0 Å². The minimum atomic E-state index is -0.0686. The first-order valence-electron chi connectivity index (χ1n) is 3.85. The fourth-order valence-corrected chi connectivity index (χ4v) is 1.96. The molecule has 1 N–H and O–H groups in total. The Morgan fingerprint density at radius 2 is 2.31 bits per heavy atom. The molecule has 1 aromatic carbocycles. The normalized spacial score (nSPS) is 19.5. The molecule has 1 unspecified atom stereocenters. The number of carbonyl (C=O) groups excluding carboxylic acids is 1. The number of rotatable bonds is 1. The number of carbonyl (C=O) groups is 1. The average Bonchev–Trinajstić information content (AvgIpc) is 2.42. The van der Waals surface area contributed by atoms with Crippen LogP contribution < -0.4 is 10.1 Å². The van der Waals surface area contributed by atoms with Crippen molar-refractivity contribution in [3.63, 3.8) is 0 Å². The number of alkyl halides is 1. The largest absolute Gasteiger partial charge is 0.497 e. The Bertz CT molecular complexity index is 365. The second-order valence-corrected chi connectivity index (χ2v) is 3.70. The summed E-state index contributed by atoms with van der Waals surface area (Å²) in [5.41, 5.74) is 1.65. The molecule has 13 heavy (non-hydrogen) atoms. The van der Waals surface area contributed by atoms with Crippen LogP contribution in [-0.2, 0) is 0 Å². The van der Waals surface area contributed by atoms with E-state index in [2.05, 4.69) is 21.2 Å². The maximum atomic E-state index is 11.3. The first kappa shape index (κ1) is 8.56. The summed E-state index contributed by atoms with van der Waals surface area (Å²) in [6.45, 7) is 0. The number of amides is 1. The molecule has 1 amide bonds. The van der Waals surface area contributed by atoms with E-state index in [-0.39, 0.29) is 10.9 Å². The molecule has 1 aromatic rings. The number of fused-ring (bicyclic) bond motifs is 1. The Kier molecular flexibility index (Phi) is 2.00. The number of benzene rings is 1. The molecule has 0 bridgehead atoms. The highest BCUT2D eigenvalue weighted by atomic mass is 79.9. The molecule has 0 saturated carbocycles. The van der Waals surface area contributed by atoms with Gasteiger partial charge in [-0.25, -0.2) is 0 Å². The van der Waals surface area contributed by atoms with E-state index < -0.39 is 0 Å². The third kappa shape index (κ3) is 1.31. The highest BCUT2D eigenvalue weighted by Gasteiger charge is 2.26. The van der Waals surface area contributed by atoms with E-state index in [4.69, 9.17) is 4.74 Å². The van der Waals surface area contributed by atoms with Gasteiger partial charge < -0.3 is 10.1 Å². The summed E-state index contributed by atoms with van der Waals surface area (Å²) in [6.07, 6.45) is 0. The predicted molar refractivity (Wildman–Crippen MR) is 52.1 cm³/mol. The second kappa shape index (κ2) is 3.03. The topological polar surface area (TPSA) is 38.3 Å². The number of halogens is 1. The number of hydrogen-bond acceptors (Lipinski definition) is 2. The van der Waals surface area contributed by atoms with E-state index in [1.807, 2.05) is 12.1 Å². The van der Waals surface area contributed by atoms with E-state index >= 15 is 0 Å². The van der Waals surface area contributed by atoms with Gasteiger partial charge in [-0.3, -0.25) is 4.79 Å². The molecule has 0 spiro atoms. The van der Waals surface area contributed by atoms with Crippen molar-refractivity contribution in [2.45, 2.75) is 4.95 Å². The van der Waals surface area contributed by atoms with E-state index in [1.54, 1.807) is 13.2 Å². The van der Waals surface area contributed by atoms with E-state index in [0.29, 0.717) is 11.3 Å². The Morgan fingerprint density at radius 3 is 3.00 bits per heavy atom. The average molecular weight is 242 g/mol. The first-order chi connectivity index (χ1) is 6.22. The molecule has 1 atom stereocenters. The van der Waals surface area contributed by atoms with Gasteiger partial charge in [-0.05, 0) is 17.7 Å². The number of ether oxygens (including phenoxy) is 1. The molecule has 1 aliphatic heterocycles. The summed E-state index contributed by atoms with van der Waals surface area (Å²) in [5, 5.41) is 2.76. The van der Waals surface area contributed by atoms with Crippen LogP contribution in [0.1, 0.15) is 20.9 Å². The fourth-order valence-electron chi connectivity index (χ4n) is 1.35. The molecule has 3 nitrogen and oxygen atoms in total. The van der Waals surface area contributed by atoms with Gasteiger partial charge >= 0.3 is 0 Å². The lowest BCUT2D eigenvalue weighted by Crippen LogP contribution is -2.14. The lowest BCUT2D eigenvalue weighted by Gasteiger charge is -2.02. The Labute approximate surface area is 84.2 Å². The molecule has 1 aliphatic rings. The zero-order valence-corrected chi connectivity index (χ0v) is 8.59. The predicted octanol–water partition coefficient (Wildman–Crippen LogP) is 1.83. The van der Waals surface area contributed by atoms with Crippen molar-refractivity contribution in [2.75, 3.05) is 7.11 Å². The maximum absolute atomic E-state index is 11.3. The van der Waals surface area contributed by atoms with Crippen LogP contribution in [0.15, 0.2) is 18.2 Å². The standard InChI is InChI=1S/C9H8BrNO2/c1-13-5-2-3-6-7(4-5)9(12)11-8(6)10/h2-4,8H,1H3,(H,11,12). The molecule has 0 saturated heterocycles. The monoisotopic (exact) mass is 241 g/mol. The van der Waals surface area contributed by atoms with Crippen molar-refractivity contribution in [1.82, 2.24) is 5.32 Å².